The second kappa shape index (κ2) is 5.83. The molecule has 2 N–H and O–H groups in total. The number of benzene rings is 1. The van der Waals surface area contributed by atoms with Crippen LogP contribution in [0.5, 0.6) is 0 Å². The fourth-order valence-corrected chi connectivity index (χ4v) is 2.92. The number of rotatable bonds is 3. The number of nitrogens with zero attached hydrogens (tertiary/aromatic N) is 2. The number of aryl methyl sites for hydroxylation is 2. The quantitative estimate of drug-likeness (QED) is 0.895. The number of aromatic nitrogens is 2. The summed E-state index contributed by atoms with van der Waals surface area (Å²) in [5.41, 5.74) is 9.00. The first-order valence-corrected chi connectivity index (χ1v) is 7.33. The van der Waals surface area contributed by atoms with Crippen molar-refractivity contribution in [3.05, 3.63) is 49.7 Å². The van der Waals surface area contributed by atoms with E-state index in [4.69, 9.17) is 28.9 Å². The fourth-order valence-electron chi connectivity index (χ4n) is 2.03. The zero-order valence-electron chi connectivity index (χ0n) is 10.6. The van der Waals surface area contributed by atoms with Gasteiger partial charge in [-0.15, -0.1) is 0 Å². The first-order chi connectivity index (χ1) is 8.90. The van der Waals surface area contributed by atoms with Gasteiger partial charge in [-0.05, 0) is 37.1 Å². The molecule has 0 aliphatic heterocycles. The van der Waals surface area contributed by atoms with Crippen LogP contribution in [0.2, 0.25) is 10.2 Å². The van der Waals surface area contributed by atoms with E-state index in [0.29, 0.717) is 16.6 Å². The summed E-state index contributed by atoms with van der Waals surface area (Å²) in [6.45, 7) is 1.93. The van der Waals surface area contributed by atoms with E-state index >= 15 is 0 Å². The maximum absolute atomic E-state index is 6.24. The molecule has 2 aromatic rings. The second-order valence-electron chi connectivity index (χ2n) is 4.45. The molecule has 0 bridgehead atoms. The summed E-state index contributed by atoms with van der Waals surface area (Å²) in [5.74, 6) is 0. The highest BCUT2D eigenvalue weighted by atomic mass is 79.9. The van der Waals surface area contributed by atoms with Crippen molar-refractivity contribution in [3.63, 3.8) is 0 Å². The maximum atomic E-state index is 6.24. The van der Waals surface area contributed by atoms with Crippen LogP contribution in [0.3, 0.4) is 0 Å². The Bertz CT molecular complexity index is 610. The highest BCUT2D eigenvalue weighted by molar-refractivity contribution is 9.10. The zero-order chi connectivity index (χ0) is 14.2. The molecule has 0 saturated carbocycles. The third-order valence-electron chi connectivity index (χ3n) is 3.05. The molecule has 0 aliphatic carbocycles. The lowest BCUT2D eigenvalue weighted by atomic mass is 10.0. The van der Waals surface area contributed by atoms with Gasteiger partial charge in [0.25, 0.3) is 0 Å². The van der Waals surface area contributed by atoms with Gasteiger partial charge in [-0.1, -0.05) is 39.1 Å². The molecule has 6 heteroatoms. The van der Waals surface area contributed by atoms with Gasteiger partial charge in [0, 0.05) is 28.1 Å². The van der Waals surface area contributed by atoms with Gasteiger partial charge in [0.15, 0.2) is 0 Å². The number of halogens is 3. The van der Waals surface area contributed by atoms with Gasteiger partial charge in [0.1, 0.15) is 5.15 Å². The van der Waals surface area contributed by atoms with Crippen molar-refractivity contribution >= 4 is 39.1 Å². The normalized spacial score (nSPS) is 12.7. The van der Waals surface area contributed by atoms with Crippen LogP contribution < -0.4 is 5.73 Å². The van der Waals surface area contributed by atoms with Gasteiger partial charge >= 0.3 is 0 Å². The van der Waals surface area contributed by atoms with Crippen LogP contribution in [0.1, 0.15) is 22.9 Å². The molecule has 0 spiro atoms. The standard InChI is InChI=1S/C13H14BrCl2N3/c1-7-9(13(16)19(2)18-7)6-12(17)10-5-8(14)3-4-11(10)15/h3-5,12H,6,17H2,1-2H3. The Morgan fingerprint density at radius 1 is 1.42 bits per heavy atom. The average Bonchev–Trinajstić information content (AvgIpc) is 2.59. The van der Waals surface area contributed by atoms with Crippen molar-refractivity contribution < 1.29 is 0 Å². The molecule has 0 radical (unpaired) electrons. The average molecular weight is 363 g/mol. The first-order valence-electron chi connectivity index (χ1n) is 5.78. The Morgan fingerprint density at radius 3 is 2.68 bits per heavy atom. The topological polar surface area (TPSA) is 43.8 Å². The monoisotopic (exact) mass is 361 g/mol. The van der Waals surface area contributed by atoms with Crippen molar-refractivity contribution in [2.75, 3.05) is 0 Å². The molecule has 1 aromatic carbocycles. The summed E-state index contributed by atoms with van der Waals surface area (Å²) >= 11 is 15.8. The van der Waals surface area contributed by atoms with E-state index in [0.717, 1.165) is 21.3 Å². The van der Waals surface area contributed by atoms with Crippen molar-refractivity contribution in [1.29, 1.82) is 0 Å². The van der Waals surface area contributed by atoms with Crippen LogP contribution in [0.15, 0.2) is 22.7 Å². The molecule has 1 atom stereocenters. The van der Waals surface area contributed by atoms with Crippen LogP contribution in [-0.4, -0.2) is 9.78 Å². The summed E-state index contributed by atoms with van der Waals surface area (Å²) in [5, 5.41) is 5.57. The fraction of sp³-hybridized carbons (Fsp3) is 0.308. The molecule has 1 unspecified atom stereocenters. The Labute approximate surface area is 130 Å². The Hall–Kier alpha value is -0.550. The molecule has 19 heavy (non-hydrogen) atoms. The Morgan fingerprint density at radius 2 is 2.11 bits per heavy atom. The summed E-state index contributed by atoms with van der Waals surface area (Å²) in [4.78, 5) is 0. The number of hydrogen-bond acceptors (Lipinski definition) is 2. The molecular formula is C13H14BrCl2N3. The smallest absolute Gasteiger partial charge is 0.130 e. The van der Waals surface area contributed by atoms with E-state index in [1.54, 1.807) is 4.68 Å². The molecule has 102 valence electrons. The molecule has 0 fully saturated rings. The first kappa shape index (κ1) is 14.9. The molecule has 2 rings (SSSR count). The molecular weight excluding hydrogens is 349 g/mol. The van der Waals surface area contributed by atoms with Gasteiger partial charge in [0.05, 0.1) is 5.69 Å². The molecule has 0 amide bonds. The van der Waals surface area contributed by atoms with Crippen LogP contribution in [0, 0.1) is 6.92 Å². The van der Waals surface area contributed by atoms with Crippen molar-refractivity contribution in [2.24, 2.45) is 12.8 Å². The lowest BCUT2D eigenvalue weighted by molar-refractivity contribution is 0.718. The summed E-state index contributed by atoms with van der Waals surface area (Å²) < 4.78 is 2.61. The number of hydrogen-bond donors (Lipinski definition) is 1. The van der Waals surface area contributed by atoms with Crippen LogP contribution in [0.25, 0.3) is 0 Å². The summed E-state index contributed by atoms with van der Waals surface area (Å²) in [7, 11) is 1.82. The predicted molar refractivity (Wildman–Crippen MR) is 82.7 cm³/mol. The molecule has 3 nitrogen and oxygen atoms in total. The van der Waals surface area contributed by atoms with Crippen molar-refractivity contribution in [1.82, 2.24) is 9.78 Å². The summed E-state index contributed by atoms with van der Waals surface area (Å²) in [6.07, 6.45) is 0.606. The minimum Gasteiger partial charge on any atom is -0.324 e. The molecule has 1 heterocycles. The molecule has 0 aliphatic rings. The van der Waals surface area contributed by atoms with Crippen molar-refractivity contribution in [2.45, 2.75) is 19.4 Å². The zero-order valence-corrected chi connectivity index (χ0v) is 13.7. The molecule has 1 aromatic heterocycles. The van der Waals surface area contributed by atoms with Crippen molar-refractivity contribution in [3.8, 4) is 0 Å². The molecule has 0 saturated heterocycles. The maximum Gasteiger partial charge on any atom is 0.130 e. The Kier molecular flexibility index (Phi) is 4.56. The summed E-state index contributed by atoms with van der Waals surface area (Å²) in [6, 6.07) is 5.44. The van der Waals surface area contributed by atoms with E-state index in [2.05, 4.69) is 21.0 Å². The third kappa shape index (κ3) is 3.14. The van der Waals surface area contributed by atoms with Gasteiger partial charge in [0.2, 0.25) is 0 Å². The van der Waals surface area contributed by atoms with E-state index in [1.807, 2.05) is 32.2 Å². The third-order valence-corrected chi connectivity index (χ3v) is 4.36. The largest absolute Gasteiger partial charge is 0.324 e. The van der Waals surface area contributed by atoms with E-state index in [9.17, 15) is 0 Å². The SMILES string of the molecule is Cc1nn(C)c(Cl)c1CC(N)c1cc(Br)ccc1Cl. The second-order valence-corrected chi connectivity index (χ2v) is 6.14. The highest BCUT2D eigenvalue weighted by Crippen LogP contribution is 2.30. The van der Waals surface area contributed by atoms with Crippen LogP contribution in [-0.2, 0) is 13.5 Å². The minimum absolute atomic E-state index is 0.217. The number of nitrogens with two attached hydrogens (primary N) is 1. The Balaban J connectivity index is 2.30. The van der Waals surface area contributed by atoms with Gasteiger partial charge < -0.3 is 5.73 Å². The van der Waals surface area contributed by atoms with Gasteiger partial charge in [-0.2, -0.15) is 5.10 Å². The predicted octanol–water partition coefficient (Wildman–Crippen LogP) is 4.04. The van der Waals surface area contributed by atoms with E-state index in [-0.39, 0.29) is 6.04 Å². The van der Waals surface area contributed by atoms with Gasteiger partial charge in [-0.3, -0.25) is 4.68 Å². The van der Waals surface area contributed by atoms with Gasteiger partial charge in [-0.25, -0.2) is 0 Å². The van der Waals surface area contributed by atoms with E-state index in [1.165, 1.54) is 0 Å². The minimum atomic E-state index is -0.217. The van der Waals surface area contributed by atoms with E-state index < -0.39 is 0 Å². The lowest BCUT2D eigenvalue weighted by Gasteiger charge is -2.14. The highest BCUT2D eigenvalue weighted by Gasteiger charge is 2.17. The van der Waals surface area contributed by atoms with Crippen LogP contribution in [0.4, 0.5) is 0 Å². The van der Waals surface area contributed by atoms with Crippen LogP contribution >= 0.6 is 39.1 Å². The lowest BCUT2D eigenvalue weighted by Crippen LogP contribution is -2.14.